The second kappa shape index (κ2) is 6.16. The van der Waals surface area contributed by atoms with Gasteiger partial charge >= 0.3 is 0 Å². The van der Waals surface area contributed by atoms with Gasteiger partial charge < -0.3 is 15.0 Å². The quantitative estimate of drug-likeness (QED) is 0.888. The third kappa shape index (κ3) is 3.43. The molecule has 0 radical (unpaired) electrons. The van der Waals surface area contributed by atoms with Crippen LogP contribution in [0.3, 0.4) is 0 Å². The van der Waals surface area contributed by atoms with Crippen molar-refractivity contribution in [2.45, 2.75) is 26.5 Å². The Bertz CT molecular complexity index is 397. The molecule has 0 bridgehead atoms. The summed E-state index contributed by atoms with van der Waals surface area (Å²) in [6.07, 6.45) is 0.208. The number of halogens is 1. The van der Waals surface area contributed by atoms with E-state index < -0.39 is 0 Å². The number of rotatable bonds is 4. The first-order valence-corrected chi connectivity index (χ1v) is 6.55. The molecular weight excluding hydrogens is 231 g/mol. The molecule has 1 atom stereocenters. The van der Waals surface area contributed by atoms with Crippen molar-refractivity contribution in [2.24, 2.45) is 0 Å². The van der Waals surface area contributed by atoms with E-state index in [4.69, 9.17) is 4.74 Å². The number of benzene rings is 1. The molecule has 0 aromatic heterocycles. The average molecular weight is 252 g/mol. The van der Waals surface area contributed by atoms with Crippen molar-refractivity contribution in [3.63, 3.8) is 0 Å². The lowest BCUT2D eigenvalue weighted by atomic mass is 10.1. The molecule has 1 fully saturated rings. The molecule has 100 valence electrons. The minimum Gasteiger partial charge on any atom is -0.375 e. The average Bonchev–Trinajstić information content (AvgIpc) is 2.36. The summed E-state index contributed by atoms with van der Waals surface area (Å²) in [6.45, 7) is 8.05. The number of morpholine rings is 1. The van der Waals surface area contributed by atoms with Crippen LogP contribution in [0.2, 0.25) is 0 Å². The van der Waals surface area contributed by atoms with Crippen LogP contribution in [0.4, 0.5) is 10.1 Å². The number of nitrogens with one attached hydrogen (secondary N) is 1. The van der Waals surface area contributed by atoms with E-state index in [9.17, 15) is 4.39 Å². The minimum absolute atomic E-state index is 0.167. The Morgan fingerprint density at radius 3 is 3.00 bits per heavy atom. The van der Waals surface area contributed by atoms with E-state index in [-0.39, 0.29) is 11.9 Å². The summed E-state index contributed by atoms with van der Waals surface area (Å²) in [6, 6.07) is 5.26. The van der Waals surface area contributed by atoms with Crippen molar-refractivity contribution in [1.29, 1.82) is 0 Å². The summed E-state index contributed by atoms with van der Waals surface area (Å²) >= 11 is 0. The maximum Gasteiger partial charge on any atom is 0.125 e. The zero-order valence-corrected chi connectivity index (χ0v) is 11.1. The van der Waals surface area contributed by atoms with Crippen LogP contribution in [0.15, 0.2) is 18.2 Å². The summed E-state index contributed by atoms with van der Waals surface area (Å²) < 4.78 is 19.1. The molecule has 1 saturated heterocycles. The highest BCUT2D eigenvalue weighted by Crippen LogP contribution is 2.21. The second-order valence-electron chi connectivity index (χ2n) is 4.73. The van der Waals surface area contributed by atoms with Gasteiger partial charge in [-0.15, -0.1) is 0 Å². The molecule has 0 saturated carbocycles. The lowest BCUT2D eigenvalue weighted by molar-refractivity contribution is 0.0532. The number of ether oxygens (including phenoxy) is 1. The molecule has 0 amide bonds. The van der Waals surface area contributed by atoms with Crippen LogP contribution in [-0.2, 0) is 11.3 Å². The van der Waals surface area contributed by atoms with Gasteiger partial charge in [-0.3, -0.25) is 0 Å². The molecule has 1 heterocycles. The Balaban J connectivity index is 2.13. The number of hydrogen-bond donors (Lipinski definition) is 1. The molecule has 1 N–H and O–H groups in total. The van der Waals surface area contributed by atoms with Gasteiger partial charge in [-0.1, -0.05) is 6.92 Å². The predicted molar refractivity (Wildman–Crippen MR) is 71.4 cm³/mol. The van der Waals surface area contributed by atoms with Gasteiger partial charge in [0.1, 0.15) is 5.82 Å². The molecule has 2 rings (SSSR count). The van der Waals surface area contributed by atoms with E-state index in [1.54, 1.807) is 12.1 Å². The van der Waals surface area contributed by atoms with Gasteiger partial charge in [0, 0.05) is 25.3 Å². The van der Waals surface area contributed by atoms with E-state index in [0.717, 1.165) is 30.9 Å². The van der Waals surface area contributed by atoms with E-state index >= 15 is 0 Å². The normalized spacial score (nSPS) is 20.2. The summed E-state index contributed by atoms with van der Waals surface area (Å²) in [7, 11) is 0. The second-order valence-corrected chi connectivity index (χ2v) is 4.73. The Hall–Kier alpha value is -1.13. The van der Waals surface area contributed by atoms with Crippen LogP contribution in [0.5, 0.6) is 0 Å². The van der Waals surface area contributed by atoms with Gasteiger partial charge in [0.05, 0.1) is 12.7 Å². The van der Waals surface area contributed by atoms with Gasteiger partial charge in [0.15, 0.2) is 0 Å². The Kier molecular flexibility index (Phi) is 4.55. The Morgan fingerprint density at radius 2 is 2.28 bits per heavy atom. The predicted octanol–water partition coefficient (Wildman–Crippen LogP) is 2.16. The van der Waals surface area contributed by atoms with Crippen molar-refractivity contribution in [2.75, 3.05) is 31.1 Å². The first-order valence-electron chi connectivity index (χ1n) is 6.55. The maximum absolute atomic E-state index is 13.6. The largest absolute Gasteiger partial charge is 0.375 e. The summed E-state index contributed by atoms with van der Waals surface area (Å²) in [4.78, 5) is 2.19. The first kappa shape index (κ1) is 13.3. The van der Waals surface area contributed by atoms with Crippen LogP contribution in [0, 0.1) is 5.82 Å². The minimum atomic E-state index is -0.167. The number of hydrogen-bond acceptors (Lipinski definition) is 3. The third-order valence-electron chi connectivity index (χ3n) is 3.13. The van der Waals surface area contributed by atoms with Crippen LogP contribution in [0.1, 0.15) is 19.4 Å². The van der Waals surface area contributed by atoms with Crippen molar-refractivity contribution >= 4 is 5.69 Å². The summed E-state index contributed by atoms with van der Waals surface area (Å²) in [5.74, 6) is -0.167. The van der Waals surface area contributed by atoms with E-state index in [2.05, 4.69) is 16.3 Å². The third-order valence-corrected chi connectivity index (χ3v) is 3.13. The molecule has 3 nitrogen and oxygen atoms in total. The Labute approximate surface area is 108 Å². The van der Waals surface area contributed by atoms with Crippen molar-refractivity contribution in [3.05, 3.63) is 29.6 Å². The maximum atomic E-state index is 13.6. The van der Waals surface area contributed by atoms with Gasteiger partial charge in [-0.05, 0) is 37.2 Å². The summed E-state index contributed by atoms with van der Waals surface area (Å²) in [5, 5.41) is 3.22. The molecule has 1 aliphatic rings. The zero-order chi connectivity index (χ0) is 13.0. The van der Waals surface area contributed by atoms with Crippen LogP contribution >= 0.6 is 0 Å². The van der Waals surface area contributed by atoms with Crippen LogP contribution in [-0.4, -0.2) is 32.3 Å². The number of anilines is 1. The topological polar surface area (TPSA) is 24.5 Å². The van der Waals surface area contributed by atoms with Gasteiger partial charge in [-0.25, -0.2) is 4.39 Å². The van der Waals surface area contributed by atoms with Gasteiger partial charge in [-0.2, -0.15) is 0 Å². The number of nitrogens with zero attached hydrogens (tertiary/aromatic N) is 1. The van der Waals surface area contributed by atoms with E-state index in [1.807, 2.05) is 13.8 Å². The van der Waals surface area contributed by atoms with E-state index in [1.165, 1.54) is 0 Å². The standard InChI is InChI=1S/C14H21FN2O/c1-3-16-9-12-6-13(15)8-14(7-12)17-4-5-18-11(2)10-17/h6-8,11,16H,3-5,9-10H2,1-2H3. The highest BCUT2D eigenvalue weighted by atomic mass is 19.1. The van der Waals surface area contributed by atoms with Crippen molar-refractivity contribution < 1.29 is 9.13 Å². The molecular formula is C14H21FN2O. The van der Waals surface area contributed by atoms with Crippen LogP contribution in [0.25, 0.3) is 0 Å². The fourth-order valence-corrected chi connectivity index (χ4v) is 2.24. The van der Waals surface area contributed by atoms with Gasteiger partial charge in [0.2, 0.25) is 0 Å². The van der Waals surface area contributed by atoms with Gasteiger partial charge in [0.25, 0.3) is 0 Å². The fourth-order valence-electron chi connectivity index (χ4n) is 2.24. The molecule has 1 aliphatic heterocycles. The molecule has 0 aliphatic carbocycles. The fraction of sp³-hybridized carbons (Fsp3) is 0.571. The molecule has 18 heavy (non-hydrogen) atoms. The molecule has 1 aromatic rings. The highest BCUT2D eigenvalue weighted by molar-refractivity contribution is 5.49. The molecule has 1 unspecified atom stereocenters. The molecule has 4 heteroatoms. The van der Waals surface area contributed by atoms with Crippen LogP contribution < -0.4 is 10.2 Å². The lowest BCUT2D eigenvalue weighted by Gasteiger charge is -2.33. The SMILES string of the molecule is CCNCc1cc(F)cc(N2CCOC(C)C2)c1. The lowest BCUT2D eigenvalue weighted by Crippen LogP contribution is -2.41. The summed E-state index contributed by atoms with van der Waals surface area (Å²) in [5.41, 5.74) is 1.95. The molecule has 1 aromatic carbocycles. The Morgan fingerprint density at radius 1 is 1.44 bits per heavy atom. The molecule has 0 spiro atoms. The van der Waals surface area contributed by atoms with Crippen molar-refractivity contribution in [3.8, 4) is 0 Å². The monoisotopic (exact) mass is 252 g/mol. The highest BCUT2D eigenvalue weighted by Gasteiger charge is 2.17. The van der Waals surface area contributed by atoms with E-state index in [0.29, 0.717) is 13.2 Å². The van der Waals surface area contributed by atoms with Crippen molar-refractivity contribution in [1.82, 2.24) is 5.32 Å². The zero-order valence-electron chi connectivity index (χ0n) is 11.1. The smallest absolute Gasteiger partial charge is 0.125 e. The first-order chi connectivity index (χ1) is 8.69.